The molecule has 0 N–H and O–H groups in total. The van der Waals surface area contributed by atoms with Crippen molar-refractivity contribution < 1.29 is 4.74 Å². The maximum atomic E-state index is 5.58. The Kier molecular flexibility index (Phi) is 2.58. The van der Waals surface area contributed by atoms with Crippen LogP contribution in [-0.2, 0) is 0 Å². The van der Waals surface area contributed by atoms with Gasteiger partial charge in [-0.3, -0.25) is 4.98 Å². The van der Waals surface area contributed by atoms with Crippen molar-refractivity contribution in [3.8, 4) is 11.6 Å². The Balaban J connectivity index is 2.26. The molecule has 4 nitrogen and oxygen atoms in total. The SMILES string of the molecule is Cc1nccc(Oc2cccnc2C)n1. The summed E-state index contributed by atoms with van der Waals surface area (Å²) in [5.41, 5.74) is 0.841. The first kappa shape index (κ1) is 9.58. The van der Waals surface area contributed by atoms with E-state index in [-0.39, 0.29) is 0 Å². The van der Waals surface area contributed by atoms with Crippen LogP contribution in [-0.4, -0.2) is 15.0 Å². The third kappa shape index (κ3) is 2.28. The van der Waals surface area contributed by atoms with Gasteiger partial charge in [-0.2, -0.15) is 4.98 Å². The summed E-state index contributed by atoms with van der Waals surface area (Å²) in [6.45, 7) is 3.71. The highest BCUT2D eigenvalue weighted by molar-refractivity contribution is 5.29. The van der Waals surface area contributed by atoms with E-state index in [0.717, 1.165) is 11.4 Å². The van der Waals surface area contributed by atoms with Crippen LogP contribution in [0.5, 0.6) is 11.6 Å². The molecule has 2 aromatic rings. The molecular weight excluding hydrogens is 190 g/mol. The zero-order valence-corrected chi connectivity index (χ0v) is 8.64. The molecule has 15 heavy (non-hydrogen) atoms. The van der Waals surface area contributed by atoms with Crippen LogP contribution in [0.15, 0.2) is 30.6 Å². The molecule has 2 aromatic heterocycles. The second kappa shape index (κ2) is 4.04. The van der Waals surface area contributed by atoms with Crippen LogP contribution >= 0.6 is 0 Å². The summed E-state index contributed by atoms with van der Waals surface area (Å²) in [6.07, 6.45) is 3.40. The lowest BCUT2D eigenvalue weighted by molar-refractivity contribution is 0.453. The van der Waals surface area contributed by atoms with Crippen molar-refractivity contribution in [1.29, 1.82) is 0 Å². The summed E-state index contributed by atoms with van der Waals surface area (Å²) < 4.78 is 5.58. The van der Waals surface area contributed by atoms with Crippen molar-refractivity contribution >= 4 is 0 Å². The van der Waals surface area contributed by atoms with E-state index in [0.29, 0.717) is 11.7 Å². The van der Waals surface area contributed by atoms with Gasteiger partial charge in [-0.15, -0.1) is 0 Å². The molecule has 0 bridgehead atoms. The summed E-state index contributed by atoms with van der Waals surface area (Å²) in [7, 11) is 0. The van der Waals surface area contributed by atoms with Gasteiger partial charge in [0, 0.05) is 18.5 Å². The molecule has 0 unspecified atom stereocenters. The largest absolute Gasteiger partial charge is 0.437 e. The average Bonchev–Trinajstić information content (AvgIpc) is 2.22. The van der Waals surface area contributed by atoms with Crippen molar-refractivity contribution in [2.24, 2.45) is 0 Å². The monoisotopic (exact) mass is 201 g/mol. The molecule has 0 radical (unpaired) electrons. The van der Waals surface area contributed by atoms with Gasteiger partial charge in [-0.05, 0) is 26.0 Å². The Morgan fingerprint density at radius 3 is 2.67 bits per heavy atom. The van der Waals surface area contributed by atoms with E-state index in [1.165, 1.54) is 0 Å². The summed E-state index contributed by atoms with van der Waals surface area (Å²) in [4.78, 5) is 12.3. The van der Waals surface area contributed by atoms with Gasteiger partial charge in [0.25, 0.3) is 0 Å². The Hall–Kier alpha value is -1.97. The highest BCUT2D eigenvalue weighted by Gasteiger charge is 2.02. The van der Waals surface area contributed by atoms with Crippen molar-refractivity contribution in [2.75, 3.05) is 0 Å². The van der Waals surface area contributed by atoms with Gasteiger partial charge in [-0.25, -0.2) is 4.98 Å². The van der Waals surface area contributed by atoms with Gasteiger partial charge in [0.15, 0.2) is 5.75 Å². The molecule has 2 heterocycles. The summed E-state index contributed by atoms with van der Waals surface area (Å²) in [5.74, 6) is 1.95. The van der Waals surface area contributed by atoms with Crippen LogP contribution in [0.2, 0.25) is 0 Å². The smallest absolute Gasteiger partial charge is 0.222 e. The number of hydrogen-bond donors (Lipinski definition) is 0. The maximum absolute atomic E-state index is 5.58. The van der Waals surface area contributed by atoms with Gasteiger partial charge >= 0.3 is 0 Å². The third-order valence-electron chi connectivity index (χ3n) is 1.92. The predicted octanol–water partition coefficient (Wildman–Crippen LogP) is 2.28. The van der Waals surface area contributed by atoms with Crippen molar-refractivity contribution in [1.82, 2.24) is 15.0 Å². The normalized spacial score (nSPS) is 10.0. The lowest BCUT2D eigenvalue weighted by Crippen LogP contribution is -1.94. The number of ether oxygens (including phenoxy) is 1. The van der Waals surface area contributed by atoms with Crippen LogP contribution in [0.1, 0.15) is 11.5 Å². The van der Waals surface area contributed by atoms with Crippen LogP contribution in [0.25, 0.3) is 0 Å². The molecule has 0 saturated carbocycles. The summed E-state index contributed by atoms with van der Waals surface area (Å²) in [6, 6.07) is 5.41. The lowest BCUT2D eigenvalue weighted by Gasteiger charge is -2.06. The van der Waals surface area contributed by atoms with E-state index in [1.54, 1.807) is 18.5 Å². The van der Waals surface area contributed by atoms with Gasteiger partial charge in [-0.1, -0.05) is 0 Å². The molecule has 0 amide bonds. The van der Waals surface area contributed by atoms with Gasteiger partial charge < -0.3 is 4.74 Å². The summed E-state index contributed by atoms with van der Waals surface area (Å²) in [5, 5.41) is 0. The number of aryl methyl sites for hydroxylation is 2. The van der Waals surface area contributed by atoms with E-state index >= 15 is 0 Å². The molecular formula is C11H11N3O. The average molecular weight is 201 g/mol. The minimum Gasteiger partial charge on any atom is -0.437 e. The van der Waals surface area contributed by atoms with E-state index < -0.39 is 0 Å². The maximum Gasteiger partial charge on any atom is 0.222 e. The number of pyridine rings is 1. The first-order valence-electron chi connectivity index (χ1n) is 4.65. The summed E-state index contributed by atoms with van der Waals surface area (Å²) >= 11 is 0. The fraction of sp³-hybridized carbons (Fsp3) is 0.182. The Morgan fingerprint density at radius 2 is 1.93 bits per heavy atom. The quantitative estimate of drug-likeness (QED) is 0.747. The molecule has 0 aromatic carbocycles. The van der Waals surface area contributed by atoms with E-state index in [2.05, 4.69) is 15.0 Å². The number of rotatable bonds is 2. The minimum absolute atomic E-state index is 0.540. The molecule has 0 atom stereocenters. The van der Waals surface area contributed by atoms with E-state index in [1.807, 2.05) is 26.0 Å². The molecule has 0 aliphatic rings. The molecule has 4 heteroatoms. The van der Waals surface area contributed by atoms with E-state index in [4.69, 9.17) is 4.74 Å². The first-order chi connectivity index (χ1) is 7.25. The second-order valence-corrected chi connectivity index (χ2v) is 3.13. The Labute approximate surface area is 88.0 Å². The zero-order valence-electron chi connectivity index (χ0n) is 8.64. The minimum atomic E-state index is 0.540. The van der Waals surface area contributed by atoms with Crippen LogP contribution < -0.4 is 4.74 Å². The first-order valence-corrected chi connectivity index (χ1v) is 4.65. The molecule has 0 spiro atoms. The Bertz CT molecular complexity index is 471. The second-order valence-electron chi connectivity index (χ2n) is 3.13. The van der Waals surface area contributed by atoms with Crippen molar-refractivity contribution in [2.45, 2.75) is 13.8 Å². The molecule has 0 fully saturated rings. The highest BCUT2D eigenvalue weighted by atomic mass is 16.5. The van der Waals surface area contributed by atoms with Crippen LogP contribution in [0, 0.1) is 13.8 Å². The van der Waals surface area contributed by atoms with Crippen molar-refractivity contribution in [3.63, 3.8) is 0 Å². The molecule has 2 rings (SSSR count). The topological polar surface area (TPSA) is 47.9 Å². The predicted molar refractivity (Wildman–Crippen MR) is 55.8 cm³/mol. The zero-order chi connectivity index (χ0) is 10.7. The van der Waals surface area contributed by atoms with Gasteiger partial charge in [0.2, 0.25) is 5.88 Å². The molecule has 0 saturated heterocycles. The molecule has 76 valence electrons. The van der Waals surface area contributed by atoms with Gasteiger partial charge in [0.05, 0.1) is 5.69 Å². The molecule has 0 aliphatic carbocycles. The number of hydrogen-bond acceptors (Lipinski definition) is 4. The number of nitrogens with zero attached hydrogens (tertiary/aromatic N) is 3. The van der Waals surface area contributed by atoms with Crippen LogP contribution in [0.4, 0.5) is 0 Å². The van der Waals surface area contributed by atoms with E-state index in [9.17, 15) is 0 Å². The Morgan fingerprint density at radius 1 is 1.07 bits per heavy atom. The standard InChI is InChI=1S/C11H11N3O/c1-8-10(4-3-6-12-8)15-11-5-7-13-9(2)14-11/h3-7H,1-2H3. The fourth-order valence-corrected chi connectivity index (χ4v) is 1.18. The highest BCUT2D eigenvalue weighted by Crippen LogP contribution is 2.20. The fourth-order valence-electron chi connectivity index (χ4n) is 1.18. The van der Waals surface area contributed by atoms with Gasteiger partial charge in [0.1, 0.15) is 5.82 Å². The molecule has 0 aliphatic heterocycles. The third-order valence-corrected chi connectivity index (χ3v) is 1.92. The van der Waals surface area contributed by atoms with Crippen molar-refractivity contribution in [3.05, 3.63) is 42.1 Å². The lowest BCUT2D eigenvalue weighted by atomic mass is 10.3. The van der Waals surface area contributed by atoms with Crippen LogP contribution in [0.3, 0.4) is 0 Å². The number of aromatic nitrogens is 3.